The Morgan fingerprint density at radius 3 is 2.69 bits per heavy atom. The molecule has 0 unspecified atom stereocenters. The van der Waals surface area contributed by atoms with Gasteiger partial charge < -0.3 is 19.0 Å². The minimum absolute atomic E-state index is 0.109. The maximum absolute atomic E-state index is 12.8. The highest BCUT2D eigenvalue weighted by atomic mass is 79.9. The Kier molecular flexibility index (Phi) is 6.06. The molecule has 0 spiro atoms. The Labute approximate surface area is 182 Å². The lowest BCUT2D eigenvalue weighted by atomic mass is 10.2. The molecule has 6 nitrogen and oxygen atoms in total. The molecule has 4 rings (SSSR count). The highest BCUT2D eigenvalue weighted by Crippen LogP contribution is 2.21. The third kappa shape index (κ3) is 4.92. The van der Waals surface area contributed by atoms with Gasteiger partial charge in [0.25, 0.3) is 5.91 Å². The van der Waals surface area contributed by atoms with Crippen molar-refractivity contribution in [3.63, 3.8) is 0 Å². The van der Waals surface area contributed by atoms with Crippen molar-refractivity contribution in [1.29, 1.82) is 0 Å². The fraction of sp³-hybridized carbons (Fsp3) is 0.238. The lowest BCUT2D eigenvalue weighted by Crippen LogP contribution is -2.49. The van der Waals surface area contributed by atoms with Crippen LogP contribution in [0.25, 0.3) is 0 Å². The summed E-state index contributed by atoms with van der Waals surface area (Å²) >= 11 is 9.30. The van der Waals surface area contributed by atoms with E-state index in [2.05, 4.69) is 25.8 Å². The molecule has 0 N–H and O–H groups in total. The Morgan fingerprint density at radius 1 is 1.14 bits per heavy atom. The number of ether oxygens (including phenoxy) is 1. The second-order valence-electron chi connectivity index (χ2n) is 6.63. The molecule has 8 heteroatoms. The maximum Gasteiger partial charge on any atom is 0.289 e. The van der Waals surface area contributed by atoms with E-state index in [0.29, 0.717) is 42.7 Å². The summed E-state index contributed by atoms with van der Waals surface area (Å²) in [6.45, 7) is 2.89. The standard InChI is InChI=1S/C21H19BrClN3O3/c22-15-2-1-3-17(12-15)28-14-18-5-6-19(29-18)21(27)26-10-8-25(9-11-26)20-7-4-16(23)13-24-20/h1-7,12-13H,8-11,14H2. The molecule has 0 saturated carbocycles. The summed E-state index contributed by atoms with van der Waals surface area (Å²) in [5.74, 6) is 2.43. The van der Waals surface area contributed by atoms with Crippen molar-refractivity contribution in [3.05, 3.63) is 75.7 Å². The number of nitrogens with zero attached hydrogens (tertiary/aromatic N) is 3. The highest BCUT2D eigenvalue weighted by Gasteiger charge is 2.25. The van der Waals surface area contributed by atoms with Gasteiger partial charge in [0.05, 0.1) is 5.02 Å². The number of rotatable bonds is 5. The number of hydrogen-bond donors (Lipinski definition) is 0. The van der Waals surface area contributed by atoms with Gasteiger partial charge in [0.2, 0.25) is 0 Å². The molecular formula is C21H19BrClN3O3. The number of amides is 1. The number of hydrogen-bond acceptors (Lipinski definition) is 5. The Morgan fingerprint density at radius 2 is 1.97 bits per heavy atom. The number of pyridine rings is 1. The predicted molar refractivity (Wildman–Crippen MR) is 115 cm³/mol. The first-order chi connectivity index (χ1) is 14.1. The van der Waals surface area contributed by atoms with Crippen molar-refractivity contribution >= 4 is 39.3 Å². The van der Waals surface area contributed by atoms with Gasteiger partial charge in [-0.05, 0) is 42.5 Å². The second kappa shape index (κ2) is 8.88. The number of anilines is 1. The van der Waals surface area contributed by atoms with Crippen LogP contribution >= 0.6 is 27.5 Å². The zero-order chi connectivity index (χ0) is 20.2. The lowest BCUT2D eigenvalue weighted by molar-refractivity contribution is 0.0710. The molecule has 1 aliphatic heterocycles. The fourth-order valence-electron chi connectivity index (χ4n) is 3.13. The minimum Gasteiger partial charge on any atom is -0.486 e. The minimum atomic E-state index is -0.109. The van der Waals surface area contributed by atoms with Gasteiger partial charge in [-0.25, -0.2) is 4.98 Å². The van der Waals surface area contributed by atoms with Gasteiger partial charge in [0.1, 0.15) is 23.9 Å². The Hall–Kier alpha value is -2.51. The molecule has 3 aromatic rings. The summed E-state index contributed by atoms with van der Waals surface area (Å²) in [5.41, 5.74) is 0. The molecule has 1 fully saturated rings. The van der Waals surface area contributed by atoms with E-state index < -0.39 is 0 Å². The van der Waals surface area contributed by atoms with Crippen molar-refractivity contribution in [2.45, 2.75) is 6.61 Å². The molecule has 1 aliphatic rings. The predicted octanol–water partition coefficient (Wildman–Crippen LogP) is 4.63. The Balaban J connectivity index is 1.31. The molecule has 0 aliphatic carbocycles. The summed E-state index contributed by atoms with van der Waals surface area (Å²) in [7, 11) is 0. The zero-order valence-corrected chi connectivity index (χ0v) is 17.9. The molecular weight excluding hydrogens is 458 g/mol. The van der Waals surface area contributed by atoms with E-state index in [4.69, 9.17) is 20.8 Å². The van der Waals surface area contributed by atoms with Crippen molar-refractivity contribution in [1.82, 2.24) is 9.88 Å². The number of piperazine rings is 1. The van der Waals surface area contributed by atoms with E-state index in [1.807, 2.05) is 36.4 Å². The molecule has 2 aromatic heterocycles. The second-order valence-corrected chi connectivity index (χ2v) is 7.98. The molecule has 150 valence electrons. The van der Waals surface area contributed by atoms with Crippen LogP contribution in [-0.2, 0) is 6.61 Å². The van der Waals surface area contributed by atoms with E-state index in [1.165, 1.54) is 0 Å². The monoisotopic (exact) mass is 475 g/mol. The number of benzene rings is 1. The van der Waals surface area contributed by atoms with Crippen LogP contribution in [0.2, 0.25) is 5.02 Å². The maximum atomic E-state index is 12.8. The smallest absolute Gasteiger partial charge is 0.289 e. The van der Waals surface area contributed by atoms with E-state index >= 15 is 0 Å². The van der Waals surface area contributed by atoms with Crippen molar-refractivity contribution in [3.8, 4) is 5.75 Å². The van der Waals surface area contributed by atoms with Gasteiger partial charge in [-0.3, -0.25) is 4.79 Å². The number of aromatic nitrogens is 1. The molecule has 3 heterocycles. The van der Waals surface area contributed by atoms with Gasteiger partial charge in [-0.1, -0.05) is 33.6 Å². The molecule has 0 bridgehead atoms. The van der Waals surface area contributed by atoms with Crippen molar-refractivity contribution in [2.75, 3.05) is 31.1 Å². The quantitative estimate of drug-likeness (QED) is 0.537. The van der Waals surface area contributed by atoms with Crippen LogP contribution in [-0.4, -0.2) is 42.0 Å². The summed E-state index contributed by atoms with van der Waals surface area (Å²) in [6.07, 6.45) is 1.63. The fourth-order valence-corrected chi connectivity index (χ4v) is 3.62. The number of carbonyl (C=O) groups is 1. The van der Waals surface area contributed by atoms with Gasteiger partial charge in [-0.2, -0.15) is 0 Å². The first kappa shape index (κ1) is 19.8. The molecule has 1 saturated heterocycles. The van der Waals surface area contributed by atoms with Crippen LogP contribution in [0.3, 0.4) is 0 Å². The van der Waals surface area contributed by atoms with Crippen LogP contribution in [0, 0.1) is 0 Å². The average Bonchev–Trinajstić information content (AvgIpc) is 3.22. The zero-order valence-electron chi connectivity index (χ0n) is 15.6. The summed E-state index contributed by atoms with van der Waals surface area (Å²) in [5, 5.41) is 0.611. The van der Waals surface area contributed by atoms with Crippen molar-refractivity contribution in [2.24, 2.45) is 0 Å². The van der Waals surface area contributed by atoms with E-state index in [0.717, 1.165) is 16.0 Å². The summed E-state index contributed by atoms with van der Waals surface area (Å²) in [6, 6.07) is 14.8. The highest BCUT2D eigenvalue weighted by molar-refractivity contribution is 9.10. The van der Waals surface area contributed by atoms with E-state index in [-0.39, 0.29) is 12.5 Å². The topological polar surface area (TPSA) is 58.8 Å². The van der Waals surface area contributed by atoms with Crippen LogP contribution in [0.15, 0.2) is 63.6 Å². The normalized spacial score (nSPS) is 14.1. The van der Waals surface area contributed by atoms with E-state index in [9.17, 15) is 4.79 Å². The van der Waals surface area contributed by atoms with Crippen LogP contribution < -0.4 is 9.64 Å². The molecule has 0 atom stereocenters. The molecule has 1 amide bonds. The summed E-state index contributed by atoms with van der Waals surface area (Å²) in [4.78, 5) is 21.0. The first-order valence-electron chi connectivity index (χ1n) is 9.21. The lowest BCUT2D eigenvalue weighted by Gasteiger charge is -2.35. The van der Waals surface area contributed by atoms with Gasteiger partial charge >= 0.3 is 0 Å². The largest absolute Gasteiger partial charge is 0.486 e. The third-order valence-corrected chi connectivity index (χ3v) is 5.37. The van der Waals surface area contributed by atoms with E-state index in [1.54, 1.807) is 23.2 Å². The van der Waals surface area contributed by atoms with Gasteiger partial charge in [-0.15, -0.1) is 0 Å². The number of carbonyl (C=O) groups excluding carboxylic acids is 1. The molecule has 1 aromatic carbocycles. The number of halogens is 2. The molecule has 0 radical (unpaired) electrons. The van der Waals surface area contributed by atoms with Gasteiger partial charge in [0, 0.05) is 36.8 Å². The third-order valence-electron chi connectivity index (χ3n) is 4.65. The summed E-state index contributed by atoms with van der Waals surface area (Å²) < 4.78 is 12.4. The van der Waals surface area contributed by atoms with Crippen LogP contribution in [0.5, 0.6) is 5.75 Å². The average molecular weight is 477 g/mol. The first-order valence-corrected chi connectivity index (χ1v) is 10.4. The SMILES string of the molecule is O=C(c1ccc(COc2cccc(Br)c2)o1)N1CCN(c2ccc(Cl)cn2)CC1. The number of furan rings is 1. The van der Waals surface area contributed by atoms with Gasteiger partial charge in [0.15, 0.2) is 5.76 Å². The van der Waals surface area contributed by atoms with Crippen LogP contribution in [0.4, 0.5) is 5.82 Å². The molecule has 29 heavy (non-hydrogen) atoms. The van der Waals surface area contributed by atoms with Crippen LogP contribution in [0.1, 0.15) is 16.3 Å². The Bertz CT molecular complexity index is 985. The van der Waals surface area contributed by atoms with Crippen molar-refractivity contribution < 1.29 is 13.9 Å².